The Balaban J connectivity index is 2.16. The van der Waals surface area contributed by atoms with Gasteiger partial charge in [0.1, 0.15) is 0 Å². The zero-order valence-corrected chi connectivity index (χ0v) is 10.6. The lowest BCUT2D eigenvalue weighted by molar-refractivity contribution is 0.696. The van der Waals surface area contributed by atoms with Crippen LogP contribution in [0.3, 0.4) is 0 Å². The molecule has 88 valence electrons. The van der Waals surface area contributed by atoms with Crippen LogP contribution in [0.1, 0.15) is 17.3 Å². The Morgan fingerprint density at radius 1 is 1.18 bits per heavy atom. The van der Waals surface area contributed by atoms with Crippen molar-refractivity contribution in [2.45, 2.75) is 12.5 Å². The van der Waals surface area contributed by atoms with E-state index < -0.39 is 0 Å². The number of nitrogens with zero attached hydrogens (tertiary/aromatic N) is 1. The molecular formula is C13H12Cl2N2. The van der Waals surface area contributed by atoms with E-state index in [0.29, 0.717) is 16.5 Å². The summed E-state index contributed by atoms with van der Waals surface area (Å²) in [7, 11) is 0. The van der Waals surface area contributed by atoms with Gasteiger partial charge in [0.2, 0.25) is 0 Å². The summed E-state index contributed by atoms with van der Waals surface area (Å²) in [5.41, 5.74) is 7.92. The van der Waals surface area contributed by atoms with Gasteiger partial charge in [-0.2, -0.15) is 0 Å². The van der Waals surface area contributed by atoms with E-state index in [4.69, 9.17) is 28.9 Å². The molecule has 17 heavy (non-hydrogen) atoms. The predicted octanol–water partition coefficient (Wildman–Crippen LogP) is 3.63. The second-order valence-electron chi connectivity index (χ2n) is 3.80. The maximum Gasteiger partial charge on any atom is 0.0574 e. The van der Waals surface area contributed by atoms with E-state index >= 15 is 0 Å². The number of hydrogen-bond donors (Lipinski definition) is 1. The Bertz CT molecular complexity index is 500. The van der Waals surface area contributed by atoms with Crippen molar-refractivity contribution in [1.82, 2.24) is 4.98 Å². The summed E-state index contributed by atoms with van der Waals surface area (Å²) in [5, 5.41) is 1.27. The molecule has 0 saturated carbocycles. The maximum atomic E-state index is 6.10. The minimum Gasteiger partial charge on any atom is -0.322 e. The molecule has 4 heteroatoms. The maximum absolute atomic E-state index is 6.10. The van der Waals surface area contributed by atoms with E-state index in [9.17, 15) is 0 Å². The molecule has 0 fully saturated rings. The van der Waals surface area contributed by atoms with Gasteiger partial charge in [0.25, 0.3) is 0 Å². The summed E-state index contributed by atoms with van der Waals surface area (Å²) < 4.78 is 0. The van der Waals surface area contributed by atoms with Gasteiger partial charge in [0, 0.05) is 16.2 Å². The monoisotopic (exact) mass is 266 g/mol. The fourth-order valence-corrected chi connectivity index (χ4v) is 2.11. The summed E-state index contributed by atoms with van der Waals surface area (Å²) in [5.74, 6) is 0. The first-order chi connectivity index (χ1) is 8.16. The van der Waals surface area contributed by atoms with Gasteiger partial charge in [-0.3, -0.25) is 4.98 Å². The number of benzene rings is 1. The van der Waals surface area contributed by atoms with Crippen LogP contribution < -0.4 is 5.73 Å². The third kappa shape index (κ3) is 3.19. The molecule has 0 saturated heterocycles. The molecule has 1 atom stereocenters. The van der Waals surface area contributed by atoms with E-state index in [1.165, 1.54) is 0 Å². The minimum absolute atomic E-state index is 0.158. The molecule has 0 bridgehead atoms. The van der Waals surface area contributed by atoms with Gasteiger partial charge >= 0.3 is 0 Å². The van der Waals surface area contributed by atoms with Gasteiger partial charge < -0.3 is 5.73 Å². The fourth-order valence-electron chi connectivity index (χ4n) is 1.62. The van der Waals surface area contributed by atoms with E-state index in [1.54, 1.807) is 12.3 Å². The van der Waals surface area contributed by atoms with Crippen LogP contribution in [0, 0.1) is 0 Å². The molecule has 0 amide bonds. The lowest BCUT2D eigenvalue weighted by Crippen LogP contribution is -2.14. The molecule has 2 aromatic rings. The molecule has 1 heterocycles. The highest BCUT2D eigenvalue weighted by atomic mass is 35.5. The van der Waals surface area contributed by atoms with Gasteiger partial charge in [-0.15, -0.1) is 0 Å². The standard InChI is InChI=1S/C13H12Cl2N2/c14-10-5-4-9(11(15)8-10)7-12(16)13-3-1-2-6-17-13/h1-6,8,12H,7,16H2. The highest BCUT2D eigenvalue weighted by Crippen LogP contribution is 2.24. The summed E-state index contributed by atoms with van der Waals surface area (Å²) >= 11 is 11.9. The Kier molecular flexibility index (Phi) is 4.00. The number of pyridine rings is 1. The van der Waals surface area contributed by atoms with Crippen molar-refractivity contribution < 1.29 is 0 Å². The SMILES string of the molecule is NC(Cc1ccc(Cl)cc1Cl)c1ccccn1. The quantitative estimate of drug-likeness (QED) is 0.922. The van der Waals surface area contributed by atoms with Crippen LogP contribution in [0.25, 0.3) is 0 Å². The Morgan fingerprint density at radius 2 is 2.00 bits per heavy atom. The zero-order valence-electron chi connectivity index (χ0n) is 9.11. The van der Waals surface area contributed by atoms with Crippen LogP contribution in [-0.2, 0) is 6.42 Å². The van der Waals surface area contributed by atoms with Crippen LogP contribution >= 0.6 is 23.2 Å². The summed E-state index contributed by atoms with van der Waals surface area (Å²) in [6.45, 7) is 0. The second-order valence-corrected chi connectivity index (χ2v) is 4.64. The van der Waals surface area contributed by atoms with Gasteiger partial charge in [-0.25, -0.2) is 0 Å². The topological polar surface area (TPSA) is 38.9 Å². The number of aromatic nitrogens is 1. The first-order valence-electron chi connectivity index (χ1n) is 5.27. The molecule has 0 radical (unpaired) electrons. The Hall–Kier alpha value is -1.09. The smallest absolute Gasteiger partial charge is 0.0574 e. The molecule has 2 N–H and O–H groups in total. The lowest BCUT2D eigenvalue weighted by Gasteiger charge is -2.12. The molecule has 1 unspecified atom stereocenters. The number of hydrogen-bond acceptors (Lipinski definition) is 2. The van der Waals surface area contributed by atoms with Crippen LogP contribution in [0.5, 0.6) is 0 Å². The Labute approximate surface area is 110 Å². The molecule has 1 aromatic heterocycles. The second kappa shape index (κ2) is 5.50. The Morgan fingerprint density at radius 3 is 2.65 bits per heavy atom. The van der Waals surface area contributed by atoms with E-state index in [1.807, 2.05) is 30.3 Å². The molecule has 1 aromatic carbocycles. The van der Waals surface area contributed by atoms with Crippen molar-refractivity contribution in [3.05, 3.63) is 63.9 Å². The van der Waals surface area contributed by atoms with E-state index in [-0.39, 0.29) is 6.04 Å². The molecule has 2 nitrogen and oxygen atoms in total. The van der Waals surface area contributed by atoms with Crippen LogP contribution in [0.15, 0.2) is 42.6 Å². The molecule has 0 aliphatic carbocycles. The average Bonchev–Trinajstić information content (AvgIpc) is 2.34. The largest absolute Gasteiger partial charge is 0.322 e. The minimum atomic E-state index is -0.158. The van der Waals surface area contributed by atoms with Gasteiger partial charge in [-0.1, -0.05) is 35.3 Å². The van der Waals surface area contributed by atoms with Crippen LogP contribution in [0.2, 0.25) is 10.0 Å². The molecular weight excluding hydrogens is 255 g/mol. The predicted molar refractivity (Wildman–Crippen MR) is 71.3 cm³/mol. The summed E-state index contributed by atoms with van der Waals surface area (Å²) in [4.78, 5) is 4.23. The normalized spacial score (nSPS) is 12.4. The van der Waals surface area contributed by atoms with Crippen molar-refractivity contribution >= 4 is 23.2 Å². The third-order valence-corrected chi connectivity index (χ3v) is 3.11. The van der Waals surface area contributed by atoms with Crippen LogP contribution in [-0.4, -0.2) is 4.98 Å². The van der Waals surface area contributed by atoms with Crippen molar-refractivity contribution in [3.63, 3.8) is 0 Å². The number of halogens is 2. The fraction of sp³-hybridized carbons (Fsp3) is 0.154. The van der Waals surface area contributed by atoms with E-state index in [2.05, 4.69) is 4.98 Å². The summed E-state index contributed by atoms with van der Waals surface area (Å²) in [6, 6.07) is 11.0. The first-order valence-corrected chi connectivity index (χ1v) is 6.03. The van der Waals surface area contributed by atoms with Gasteiger partial charge in [-0.05, 0) is 36.2 Å². The lowest BCUT2D eigenvalue weighted by atomic mass is 10.0. The zero-order chi connectivity index (χ0) is 12.3. The highest BCUT2D eigenvalue weighted by molar-refractivity contribution is 6.35. The third-order valence-electron chi connectivity index (χ3n) is 2.52. The van der Waals surface area contributed by atoms with Gasteiger partial charge in [0.15, 0.2) is 0 Å². The average molecular weight is 267 g/mol. The van der Waals surface area contributed by atoms with Crippen LogP contribution in [0.4, 0.5) is 0 Å². The first kappa shape index (κ1) is 12.4. The highest BCUT2D eigenvalue weighted by Gasteiger charge is 2.10. The number of nitrogens with two attached hydrogens (primary N) is 1. The number of rotatable bonds is 3. The molecule has 0 spiro atoms. The van der Waals surface area contributed by atoms with Crippen molar-refractivity contribution in [3.8, 4) is 0 Å². The van der Waals surface area contributed by atoms with Crippen molar-refractivity contribution in [1.29, 1.82) is 0 Å². The van der Waals surface area contributed by atoms with Gasteiger partial charge in [0.05, 0.1) is 11.7 Å². The van der Waals surface area contributed by atoms with Crippen molar-refractivity contribution in [2.75, 3.05) is 0 Å². The molecule has 0 aliphatic rings. The molecule has 0 aliphatic heterocycles. The van der Waals surface area contributed by atoms with Crippen molar-refractivity contribution in [2.24, 2.45) is 5.73 Å². The summed E-state index contributed by atoms with van der Waals surface area (Å²) in [6.07, 6.45) is 2.38. The molecule has 2 rings (SSSR count). The van der Waals surface area contributed by atoms with E-state index in [0.717, 1.165) is 11.3 Å².